The molecule has 2 fully saturated rings. The van der Waals surface area contributed by atoms with E-state index >= 15 is 0 Å². The van der Waals surface area contributed by atoms with E-state index in [0.29, 0.717) is 5.41 Å². The van der Waals surface area contributed by atoms with Gasteiger partial charge in [-0.15, -0.1) is 0 Å². The van der Waals surface area contributed by atoms with Crippen molar-refractivity contribution in [1.82, 2.24) is 0 Å². The second-order valence-electron chi connectivity index (χ2n) is 7.73. The average molecular weight is 269 g/mol. The van der Waals surface area contributed by atoms with Crippen LogP contribution in [0.4, 0.5) is 0 Å². The SMILES string of the molecule is CC1CCCCC1SC1CCCCC1C(C)(C)C. The Kier molecular flexibility index (Phi) is 5.08. The fourth-order valence-corrected chi connectivity index (χ4v) is 6.15. The van der Waals surface area contributed by atoms with Gasteiger partial charge in [0.2, 0.25) is 0 Å². The van der Waals surface area contributed by atoms with Crippen molar-refractivity contribution < 1.29 is 0 Å². The van der Waals surface area contributed by atoms with Crippen molar-refractivity contribution in [2.45, 2.75) is 89.6 Å². The van der Waals surface area contributed by atoms with Crippen LogP contribution >= 0.6 is 11.8 Å². The molecule has 0 radical (unpaired) electrons. The van der Waals surface area contributed by atoms with Crippen molar-refractivity contribution in [3.05, 3.63) is 0 Å². The van der Waals surface area contributed by atoms with Crippen molar-refractivity contribution in [3.63, 3.8) is 0 Å². The molecule has 1 heteroatoms. The highest BCUT2D eigenvalue weighted by atomic mass is 32.2. The molecular formula is C17H32S. The highest BCUT2D eigenvalue weighted by Crippen LogP contribution is 2.47. The molecule has 106 valence electrons. The smallest absolute Gasteiger partial charge is 0.00831 e. The summed E-state index contributed by atoms with van der Waals surface area (Å²) in [7, 11) is 0. The van der Waals surface area contributed by atoms with Crippen LogP contribution in [0.2, 0.25) is 0 Å². The van der Waals surface area contributed by atoms with Gasteiger partial charge in [-0.25, -0.2) is 0 Å². The summed E-state index contributed by atoms with van der Waals surface area (Å²) in [5, 5.41) is 1.91. The molecule has 0 bridgehead atoms. The molecule has 0 saturated heterocycles. The first-order valence-corrected chi connectivity index (χ1v) is 9.08. The van der Waals surface area contributed by atoms with Crippen LogP contribution in [0.1, 0.15) is 79.1 Å². The predicted octanol–water partition coefficient (Wildman–Crippen LogP) is 5.90. The van der Waals surface area contributed by atoms with E-state index < -0.39 is 0 Å². The van der Waals surface area contributed by atoms with Crippen molar-refractivity contribution in [1.29, 1.82) is 0 Å². The van der Waals surface area contributed by atoms with Gasteiger partial charge in [0.05, 0.1) is 0 Å². The van der Waals surface area contributed by atoms with Gasteiger partial charge in [-0.3, -0.25) is 0 Å². The van der Waals surface area contributed by atoms with E-state index in [2.05, 4.69) is 39.5 Å². The summed E-state index contributed by atoms with van der Waals surface area (Å²) in [5.41, 5.74) is 0.510. The third-order valence-corrected chi connectivity index (χ3v) is 7.16. The Hall–Kier alpha value is 0.350. The molecule has 0 N–H and O–H groups in total. The first-order chi connectivity index (χ1) is 8.48. The first-order valence-electron chi connectivity index (χ1n) is 8.14. The van der Waals surface area contributed by atoms with Crippen LogP contribution in [0.15, 0.2) is 0 Å². The van der Waals surface area contributed by atoms with E-state index in [9.17, 15) is 0 Å². The summed E-state index contributed by atoms with van der Waals surface area (Å²) >= 11 is 2.38. The quantitative estimate of drug-likeness (QED) is 0.600. The minimum Gasteiger partial charge on any atom is -0.155 e. The van der Waals surface area contributed by atoms with Gasteiger partial charge < -0.3 is 0 Å². The molecule has 4 atom stereocenters. The van der Waals surface area contributed by atoms with Crippen LogP contribution in [0.25, 0.3) is 0 Å². The lowest BCUT2D eigenvalue weighted by Gasteiger charge is -2.43. The molecule has 0 aromatic heterocycles. The van der Waals surface area contributed by atoms with Gasteiger partial charge in [0.25, 0.3) is 0 Å². The molecule has 0 aromatic rings. The summed E-state index contributed by atoms with van der Waals surface area (Å²) in [6.07, 6.45) is 11.8. The highest BCUT2D eigenvalue weighted by molar-refractivity contribution is 8.00. The number of thioether (sulfide) groups is 1. The zero-order valence-electron chi connectivity index (χ0n) is 12.9. The summed E-state index contributed by atoms with van der Waals surface area (Å²) in [4.78, 5) is 0. The monoisotopic (exact) mass is 268 g/mol. The number of hydrogen-bond donors (Lipinski definition) is 0. The van der Waals surface area contributed by atoms with Crippen molar-refractivity contribution in [2.75, 3.05) is 0 Å². The average Bonchev–Trinajstić information content (AvgIpc) is 2.31. The van der Waals surface area contributed by atoms with Crippen molar-refractivity contribution in [2.24, 2.45) is 17.3 Å². The second-order valence-corrected chi connectivity index (χ2v) is 9.21. The van der Waals surface area contributed by atoms with Crippen LogP contribution in [0.5, 0.6) is 0 Å². The Balaban J connectivity index is 1.96. The molecule has 0 aromatic carbocycles. The molecular weight excluding hydrogens is 236 g/mol. The maximum absolute atomic E-state index is 2.49. The zero-order chi connectivity index (χ0) is 13.2. The molecule has 0 aliphatic heterocycles. The Morgan fingerprint density at radius 3 is 1.94 bits per heavy atom. The van der Waals surface area contributed by atoms with E-state index in [0.717, 1.165) is 22.3 Å². The van der Waals surface area contributed by atoms with E-state index in [-0.39, 0.29) is 0 Å². The summed E-state index contributed by atoms with van der Waals surface area (Å²) < 4.78 is 0. The van der Waals surface area contributed by atoms with Crippen LogP contribution in [-0.2, 0) is 0 Å². The van der Waals surface area contributed by atoms with Crippen molar-refractivity contribution >= 4 is 11.8 Å². The Labute approximate surface area is 119 Å². The molecule has 0 heterocycles. The molecule has 2 aliphatic rings. The largest absolute Gasteiger partial charge is 0.155 e. The molecule has 0 nitrogen and oxygen atoms in total. The van der Waals surface area contributed by atoms with Gasteiger partial charge in [0, 0.05) is 10.5 Å². The summed E-state index contributed by atoms with van der Waals surface area (Å²) in [6.45, 7) is 9.87. The lowest BCUT2D eigenvalue weighted by molar-refractivity contribution is 0.186. The predicted molar refractivity (Wildman–Crippen MR) is 84.2 cm³/mol. The minimum atomic E-state index is 0.510. The maximum Gasteiger partial charge on any atom is 0.00831 e. The Morgan fingerprint density at radius 2 is 1.33 bits per heavy atom. The van der Waals surface area contributed by atoms with Crippen LogP contribution in [0.3, 0.4) is 0 Å². The van der Waals surface area contributed by atoms with Gasteiger partial charge in [0.15, 0.2) is 0 Å². The maximum atomic E-state index is 2.49. The lowest BCUT2D eigenvalue weighted by Crippen LogP contribution is -2.35. The standard InChI is InChI=1S/C17H32S/c1-13-9-5-7-11-15(13)18-16-12-8-6-10-14(16)17(2,3)4/h13-16H,5-12H2,1-4H3. The van der Waals surface area contributed by atoms with Crippen LogP contribution in [-0.4, -0.2) is 10.5 Å². The fourth-order valence-electron chi connectivity index (χ4n) is 3.96. The molecule has 2 rings (SSSR count). The fraction of sp³-hybridized carbons (Fsp3) is 1.00. The summed E-state index contributed by atoms with van der Waals surface area (Å²) in [6, 6.07) is 0. The third-order valence-electron chi connectivity index (χ3n) is 5.20. The second kappa shape index (κ2) is 6.20. The van der Waals surface area contributed by atoms with Gasteiger partial charge in [-0.2, -0.15) is 11.8 Å². The van der Waals surface area contributed by atoms with E-state index in [1.807, 2.05) is 0 Å². The van der Waals surface area contributed by atoms with E-state index in [1.54, 1.807) is 0 Å². The first kappa shape index (κ1) is 14.8. The van der Waals surface area contributed by atoms with Gasteiger partial charge >= 0.3 is 0 Å². The van der Waals surface area contributed by atoms with Gasteiger partial charge in [0.1, 0.15) is 0 Å². The van der Waals surface area contributed by atoms with Gasteiger partial charge in [-0.1, -0.05) is 53.4 Å². The Morgan fingerprint density at radius 1 is 0.778 bits per heavy atom. The lowest BCUT2D eigenvalue weighted by atomic mass is 9.72. The number of hydrogen-bond acceptors (Lipinski definition) is 1. The summed E-state index contributed by atoms with van der Waals surface area (Å²) in [5.74, 6) is 1.91. The molecule has 18 heavy (non-hydrogen) atoms. The molecule has 2 aliphatic carbocycles. The third kappa shape index (κ3) is 3.68. The molecule has 0 spiro atoms. The minimum absolute atomic E-state index is 0.510. The molecule has 2 saturated carbocycles. The number of rotatable bonds is 2. The molecule has 0 amide bonds. The van der Waals surface area contributed by atoms with E-state index in [1.165, 1.54) is 51.4 Å². The normalized spacial score (nSPS) is 38.7. The van der Waals surface area contributed by atoms with Crippen LogP contribution < -0.4 is 0 Å². The topological polar surface area (TPSA) is 0 Å². The highest BCUT2D eigenvalue weighted by Gasteiger charge is 2.36. The Bertz CT molecular complexity index is 253. The van der Waals surface area contributed by atoms with Crippen molar-refractivity contribution in [3.8, 4) is 0 Å². The van der Waals surface area contributed by atoms with Gasteiger partial charge in [-0.05, 0) is 42.9 Å². The van der Waals surface area contributed by atoms with Crippen LogP contribution in [0, 0.1) is 17.3 Å². The molecule has 4 unspecified atom stereocenters. The zero-order valence-corrected chi connectivity index (χ0v) is 13.7. The van der Waals surface area contributed by atoms with E-state index in [4.69, 9.17) is 0 Å².